The summed E-state index contributed by atoms with van der Waals surface area (Å²) in [5.41, 5.74) is 0.553. The smallest absolute Gasteiger partial charge is 0.161 e. The summed E-state index contributed by atoms with van der Waals surface area (Å²) < 4.78 is 10.8. The van der Waals surface area contributed by atoms with Crippen LogP contribution in [-0.2, 0) is 0 Å². The molecule has 0 bridgehead atoms. The number of aliphatic hydroxyl groups excluding tert-OH is 2. The molecule has 1 aliphatic rings. The topological polar surface area (TPSA) is 79.2 Å². The maximum Gasteiger partial charge on any atom is 0.161 e. The van der Waals surface area contributed by atoms with Gasteiger partial charge in [-0.3, -0.25) is 9.69 Å². The summed E-state index contributed by atoms with van der Waals surface area (Å²) in [7, 11) is 1.51. The van der Waals surface area contributed by atoms with Crippen molar-refractivity contribution in [1.82, 2.24) is 4.90 Å². The van der Waals surface area contributed by atoms with Crippen LogP contribution in [0.2, 0.25) is 0 Å². The number of carbonyl (C=O) groups excluding carboxylic acids is 1. The maximum atomic E-state index is 11.4. The molecule has 1 aromatic carbocycles. The predicted octanol–water partition coefficient (Wildman–Crippen LogP) is 1.09. The summed E-state index contributed by atoms with van der Waals surface area (Å²) >= 11 is 0. The highest BCUT2D eigenvalue weighted by atomic mass is 16.5. The molecule has 6 heteroatoms. The van der Waals surface area contributed by atoms with Crippen LogP contribution in [0.1, 0.15) is 30.1 Å². The van der Waals surface area contributed by atoms with Gasteiger partial charge in [-0.15, -0.1) is 0 Å². The van der Waals surface area contributed by atoms with Crippen molar-refractivity contribution in [1.29, 1.82) is 0 Å². The molecule has 1 saturated heterocycles. The van der Waals surface area contributed by atoms with Crippen LogP contribution < -0.4 is 9.47 Å². The van der Waals surface area contributed by atoms with Crippen molar-refractivity contribution < 1.29 is 24.5 Å². The number of carbonyl (C=O) groups is 1. The van der Waals surface area contributed by atoms with Gasteiger partial charge in [-0.2, -0.15) is 0 Å². The number of hydrogen-bond acceptors (Lipinski definition) is 6. The molecule has 0 aromatic heterocycles. The number of hydrogen-bond donors (Lipinski definition) is 2. The number of ether oxygens (including phenoxy) is 2. The first-order valence-electron chi connectivity index (χ1n) is 7.90. The van der Waals surface area contributed by atoms with Crippen LogP contribution in [0.15, 0.2) is 18.2 Å². The van der Waals surface area contributed by atoms with Crippen LogP contribution in [0.3, 0.4) is 0 Å². The third-order valence-electron chi connectivity index (χ3n) is 3.95. The van der Waals surface area contributed by atoms with Crippen LogP contribution in [0.4, 0.5) is 0 Å². The molecule has 2 atom stereocenters. The highest BCUT2D eigenvalue weighted by molar-refractivity contribution is 5.94. The Hall–Kier alpha value is -1.63. The Morgan fingerprint density at radius 2 is 2.22 bits per heavy atom. The first-order valence-corrected chi connectivity index (χ1v) is 7.90. The maximum absolute atomic E-state index is 11.4. The third kappa shape index (κ3) is 5.20. The Labute approximate surface area is 136 Å². The van der Waals surface area contributed by atoms with Gasteiger partial charge in [0.2, 0.25) is 0 Å². The van der Waals surface area contributed by atoms with E-state index in [1.807, 2.05) is 4.90 Å². The molecule has 2 unspecified atom stereocenters. The number of β-amino-alcohol motifs (C(OH)–C–C–N with tert-alkyl or cyclic N) is 2. The number of methoxy groups -OCH3 is 1. The molecule has 0 saturated carbocycles. The summed E-state index contributed by atoms with van der Waals surface area (Å²) in [5, 5.41) is 19.8. The number of nitrogens with zero attached hydrogens (tertiary/aromatic N) is 1. The molecule has 1 aromatic rings. The van der Waals surface area contributed by atoms with E-state index < -0.39 is 6.10 Å². The molecule has 0 radical (unpaired) electrons. The summed E-state index contributed by atoms with van der Waals surface area (Å²) in [5.74, 6) is 0.923. The lowest BCUT2D eigenvalue weighted by Crippen LogP contribution is -2.43. The van der Waals surface area contributed by atoms with Gasteiger partial charge in [-0.05, 0) is 44.5 Å². The molecule has 2 rings (SSSR count). The lowest BCUT2D eigenvalue weighted by Gasteiger charge is -2.31. The molecule has 1 aliphatic heterocycles. The van der Waals surface area contributed by atoms with Crippen molar-refractivity contribution in [2.24, 2.45) is 0 Å². The fraction of sp³-hybridized carbons (Fsp3) is 0.588. The molecular formula is C17H25NO5. The Morgan fingerprint density at radius 3 is 2.87 bits per heavy atom. The standard InChI is InChI=1S/C17H25NO5/c1-12(19)13-5-6-16(17(8-13)22-2)23-11-15(21)10-18-7-3-4-14(20)9-18/h5-6,8,14-15,20-21H,3-4,7,9-11H2,1-2H3. The van der Waals surface area contributed by atoms with Crippen LogP contribution in [0.25, 0.3) is 0 Å². The quantitative estimate of drug-likeness (QED) is 0.732. The van der Waals surface area contributed by atoms with E-state index in [0.717, 1.165) is 19.4 Å². The summed E-state index contributed by atoms with van der Waals surface area (Å²) in [6.07, 6.45) is 0.797. The van der Waals surface area contributed by atoms with Crippen molar-refractivity contribution in [3.8, 4) is 11.5 Å². The molecular weight excluding hydrogens is 298 g/mol. The Kier molecular flexibility index (Phi) is 6.38. The minimum Gasteiger partial charge on any atom is -0.493 e. The van der Waals surface area contributed by atoms with Gasteiger partial charge >= 0.3 is 0 Å². The van der Waals surface area contributed by atoms with Gasteiger partial charge in [-0.25, -0.2) is 0 Å². The minimum atomic E-state index is -0.655. The summed E-state index contributed by atoms with van der Waals surface area (Å²) in [6.45, 7) is 3.55. The van der Waals surface area contributed by atoms with Crippen molar-refractivity contribution in [2.75, 3.05) is 33.4 Å². The second-order valence-corrected chi connectivity index (χ2v) is 5.94. The molecule has 0 amide bonds. The van der Waals surface area contributed by atoms with Gasteiger partial charge in [0.15, 0.2) is 17.3 Å². The van der Waals surface area contributed by atoms with E-state index in [4.69, 9.17) is 9.47 Å². The van der Waals surface area contributed by atoms with Gasteiger partial charge < -0.3 is 19.7 Å². The van der Waals surface area contributed by atoms with E-state index in [1.165, 1.54) is 14.0 Å². The van der Waals surface area contributed by atoms with E-state index in [9.17, 15) is 15.0 Å². The zero-order valence-corrected chi connectivity index (χ0v) is 13.7. The first-order chi connectivity index (χ1) is 11.0. The molecule has 23 heavy (non-hydrogen) atoms. The summed E-state index contributed by atoms with van der Waals surface area (Å²) in [4.78, 5) is 13.4. The second kappa shape index (κ2) is 8.29. The van der Waals surface area contributed by atoms with Crippen LogP contribution in [0.5, 0.6) is 11.5 Å². The Bertz CT molecular complexity index is 534. The third-order valence-corrected chi connectivity index (χ3v) is 3.95. The van der Waals surface area contributed by atoms with E-state index in [-0.39, 0.29) is 18.5 Å². The number of rotatable bonds is 7. The number of likely N-dealkylation sites (tertiary alicyclic amines) is 1. The van der Waals surface area contributed by atoms with E-state index >= 15 is 0 Å². The lowest BCUT2D eigenvalue weighted by molar-refractivity contribution is 0.0240. The first kappa shape index (κ1) is 17.7. The number of aliphatic hydroxyl groups is 2. The normalized spacial score (nSPS) is 20.1. The molecule has 0 spiro atoms. The SMILES string of the molecule is COc1cc(C(C)=O)ccc1OCC(O)CN1CCCC(O)C1. The molecule has 6 nitrogen and oxygen atoms in total. The number of benzene rings is 1. The van der Waals surface area contributed by atoms with Crippen LogP contribution >= 0.6 is 0 Å². The van der Waals surface area contributed by atoms with Gasteiger partial charge in [0.25, 0.3) is 0 Å². The zero-order valence-electron chi connectivity index (χ0n) is 13.7. The molecule has 2 N–H and O–H groups in total. The van der Waals surface area contributed by atoms with Crippen molar-refractivity contribution in [3.05, 3.63) is 23.8 Å². The van der Waals surface area contributed by atoms with Crippen molar-refractivity contribution in [2.45, 2.75) is 32.0 Å². The molecule has 0 aliphatic carbocycles. The fourth-order valence-electron chi connectivity index (χ4n) is 2.74. The summed E-state index contributed by atoms with van der Waals surface area (Å²) in [6, 6.07) is 4.98. The average molecular weight is 323 g/mol. The van der Waals surface area contributed by atoms with Crippen molar-refractivity contribution in [3.63, 3.8) is 0 Å². The van der Waals surface area contributed by atoms with Crippen LogP contribution in [0, 0.1) is 0 Å². The highest BCUT2D eigenvalue weighted by Gasteiger charge is 2.20. The average Bonchev–Trinajstić information content (AvgIpc) is 2.52. The van der Waals surface area contributed by atoms with E-state index in [1.54, 1.807) is 18.2 Å². The molecule has 128 valence electrons. The number of ketones is 1. The van der Waals surface area contributed by atoms with Crippen molar-refractivity contribution >= 4 is 5.78 Å². The molecule has 1 fully saturated rings. The van der Waals surface area contributed by atoms with Gasteiger partial charge in [-0.1, -0.05) is 0 Å². The molecule has 1 heterocycles. The largest absolute Gasteiger partial charge is 0.493 e. The fourth-order valence-corrected chi connectivity index (χ4v) is 2.74. The lowest BCUT2D eigenvalue weighted by atomic mass is 10.1. The number of piperidine rings is 1. The monoisotopic (exact) mass is 323 g/mol. The van der Waals surface area contributed by atoms with Gasteiger partial charge in [0.05, 0.1) is 13.2 Å². The van der Waals surface area contributed by atoms with E-state index in [2.05, 4.69) is 0 Å². The predicted molar refractivity (Wildman–Crippen MR) is 86.2 cm³/mol. The Morgan fingerprint density at radius 1 is 1.43 bits per heavy atom. The Balaban J connectivity index is 1.88. The number of Topliss-reactive ketones (excluding diaryl/α,β-unsaturated/α-hetero) is 1. The van der Waals surface area contributed by atoms with Crippen LogP contribution in [-0.4, -0.2) is 66.5 Å². The highest BCUT2D eigenvalue weighted by Crippen LogP contribution is 2.28. The van der Waals surface area contributed by atoms with E-state index in [0.29, 0.717) is 30.2 Å². The second-order valence-electron chi connectivity index (χ2n) is 5.94. The van der Waals surface area contributed by atoms with Gasteiger partial charge in [0.1, 0.15) is 12.7 Å². The zero-order chi connectivity index (χ0) is 16.8. The van der Waals surface area contributed by atoms with Gasteiger partial charge in [0, 0.05) is 18.7 Å². The minimum absolute atomic E-state index is 0.0430.